The molecular formula is C15H21BrClN. The Hall–Kier alpha value is -0.0500. The molecule has 1 aromatic rings. The van der Waals surface area contributed by atoms with Gasteiger partial charge in [0.25, 0.3) is 0 Å². The number of nitrogens with one attached hydrogen (secondary N) is 1. The summed E-state index contributed by atoms with van der Waals surface area (Å²) in [4.78, 5) is 0. The molecule has 1 N–H and O–H groups in total. The fourth-order valence-electron chi connectivity index (χ4n) is 2.79. The summed E-state index contributed by atoms with van der Waals surface area (Å²) < 4.78 is 1.04. The van der Waals surface area contributed by atoms with Crippen LogP contribution < -0.4 is 5.32 Å². The monoisotopic (exact) mass is 329 g/mol. The molecule has 0 aromatic heterocycles. The van der Waals surface area contributed by atoms with E-state index in [4.69, 9.17) is 11.6 Å². The average molecular weight is 331 g/mol. The quantitative estimate of drug-likeness (QED) is 0.807. The van der Waals surface area contributed by atoms with Gasteiger partial charge in [-0.2, -0.15) is 0 Å². The van der Waals surface area contributed by atoms with Crippen LogP contribution in [0.25, 0.3) is 0 Å². The van der Waals surface area contributed by atoms with E-state index in [1.54, 1.807) is 0 Å². The lowest BCUT2D eigenvalue weighted by molar-refractivity contribution is 0.198. The number of halogens is 2. The molecule has 1 fully saturated rings. The summed E-state index contributed by atoms with van der Waals surface area (Å²) in [7, 11) is 0. The predicted octanol–water partition coefficient (Wildman–Crippen LogP) is 5.16. The van der Waals surface area contributed by atoms with E-state index in [0.717, 1.165) is 16.0 Å². The Morgan fingerprint density at radius 3 is 2.89 bits per heavy atom. The smallest absolute Gasteiger partial charge is 0.0462 e. The Labute approximate surface area is 123 Å². The minimum Gasteiger partial charge on any atom is -0.310 e. The molecule has 0 spiro atoms. The number of hydrogen-bond donors (Lipinski definition) is 1. The van der Waals surface area contributed by atoms with Gasteiger partial charge in [0, 0.05) is 22.1 Å². The van der Waals surface area contributed by atoms with Crippen LogP contribution in [0.15, 0.2) is 22.7 Å². The molecule has 1 nitrogen and oxygen atoms in total. The fraction of sp³-hybridized carbons (Fsp3) is 0.600. The highest BCUT2D eigenvalue weighted by Gasteiger charge is 2.27. The van der Waals surface area contributed by atoms with Gasteiger partial charge >= 0.3 is 0 Å². The molecular weight excluding hydrogens is 310 g/mol. The first-order chi connectivity index (χ1) is 8.46. The van der Waals surface area contributed by atoms with Gasteiger partial charge in [-0.1, -0.05) is 53.9 Å². The van der Waals surface area contributed by atoms with E-state index in [1.165, 1.54) is 31.2 Å². The normalized spacial score (nSPS) is 23.0. The average Bonchev–Trinajstić information content (AvgIpc) is 2.26. The molecule has 1 aromatic carbocycles. The maximum absolute atomic E-state index is 6.23. The highest BCUT2D eigenvalue weighted by Crippen LogP contribution is 2.35. The Morgan fingerprint density at radius 1 is 1.44 bits per heavy atom. The zero-order chi connectivity index (χ0) is 13.2. The molecule has 3 heteroatoms. The van der Waals surface area contributed by atoms with Gasteiger partial charge in [0.1, 0.15) is 0 Å². The number of rotatable bonds is 3. The maximum atomic E-state index is 6.23. The Kier molecular flexibility index (Phi) is 4.74. The molecule has 1 unspecified atom stereocenters. The van der Waals surface area contributed by atoms with Gasteiger partial charge in [-0.25, -0.2) is 0 Å². The van der Waals surface area contributed by atoms with Crippen LogP contribution in [0.5, 0.6) is 0 Å². The summed E-state index contributed by atoms with van der Waals surface area (Å²) in [6, 6.07) is 6.73. The summed E-state index contributed by atoms with van der Waals surface area (Å²) in [5.41, 5.74) is 1.67. The highest BCUT2D eigenvalue weighted by molar-refractivity contribution is 9.10. The van der Waals surface area contributed by atoms with Gasteiger partial charge in [0.05, 0.1) is 0 Å². The Morgan fingerprint density at radius 2 is 2.22 bits per heavy atom. The van der Waals surface area contributed by atoms with Gasteiger partial charge in [-0.05, 0) is 42.4 Å². The first-order valence-corrected chi connectivity index (χ1v) is 7.81. The van der Waals surface area contributed by atoms with Crippen molar-refractivity contribution in [1.82, 2.24) is 5.32 Å². The van der Waals surface area contributed by atoms with E-state index in [2.05, 4.69) is 41.2 Å². The van der Waals surface area contributed by atoms with Crippen molar-refractivity contribution >= 4 is 27.5 Å². The molecule has 0 bridgehead atoms. The number of benzene rings is 1. The summed E-state index contributed by atoms with van der Waals surface area (Å²) in [5, 5.41) is 4.49. The van der Waals surface area contributed by atoms with E-state index in [-0.39, 0.29) is 0 Å². The van der Waals surface area contributed by atoms with E-state index >= 15 is 0 Å². The third kappa shape index (κ3) is 3.97. The zero-order valence-corrected chi connectivity index (χ0v) is 13.4. The third-order valence-corrected chi connectivity index (χ3v) is 4.65. The van der Waals surface area contributed by atoms with E-state index < -0.39 is 0 Å². The maximum Gasteiger partial charge on any atom is 0.0462 e. The topological polar surface area (TPSA) is 12.0 Å². The first-order valence-electron chi connectivity index (χ1n) is 6.64. The predicted molar refractivity (Wildman–Crippen MR) is 82.0 cm³/mol. The van der Waals surface area contributed by atoms with E-state index in [1.807, 2.05) is 12.1 Å². The van der Waals surface area contributed by atoms with Crippen LogP contribution in [0.3, 0.4) is 0 Å². The van der Waals surface area contributed by atoms with Crippen molar-refractivity contribution in [3.63, 3.8) is 0 Å². The molecule has 2 rings (SSSR count). The van der Waals surface area contributed by atoms with Crippen LogP contribution >= 0.6 is 27.5 Å². The largest absolute Gasteiger partial charge is 0.310 e. The molecule has 18 heavy (non-hydrogen) atoms. The van der Waals surface area contributed by atoms with Crippen molar-refractivity contribution in [3.05, 3.63) is 33.3 Å². The van der Waals surface area contributed by atoms with E-state index in [9.17, 15) is 0 Å². The second kappa shape index (κ2) is 5.94. The third-order valence-electron chi connectivity index (χ3n) is 3.80. The molecule has 1 saturated carbocycles. The first kappa shape index (κ1) is 14.4. The Balaban J connectivity index is 1.91. The minimum absolute atomic E-state index is 0.486. The van der Waals surface area contributed by atoms with Gasteiger partial charge in [-0.15, -0.1) is 0 Å². The van der Waals surface area contributed by atoms with Crippen LogP contribution in [0.1, 0.15) is 45.1 Å². The van der Waals surface area contributed by atoms with Crippen LogP contribution in [0.2, 0.25) is 5.02 Å². The number of hydrogen-bond acceptors (Lipinski definition) is 1. The lowest BCUT2D eigenvalue weighted by Crippen LogP contribution is -2.36. The molecule has 1 atom stereocenters. The molecule has 0 amide bonds. The van der Waals surface area contributed by atoms with Crippen molar-refractivity contribution in [2.45, 2.75) is 52.1 Å². The van der Waals surface area contributed by atoms with Gasteiger partial charge in [-0.3, -0.25) is 0 Å². The van der Waals surface area contributed by atoms with Crippen molar-refractivity contribution in [3.8, 4) is 0 Å². The summed E-state index contributed by atoms with van der Waals surface area (Å²) in [5.74, 6) is 0. The SMILES string of the molecule is CC1(C)CCCC(NCc2ccc(Br)cc2Cl)C1. The van der Waals surface area contributed by atoms with Crippen LogP contribution in [-0.2, 0) is 6.54 Å². The fourth-order valence-corrected chi connectivity index (χ4v) is 3.53. The molecule has 0 heterocycles. The second-order valence-electron chi connectivity index (χ2n) is 6.07. The lowest BCUT2D eigenvalue weighted by Gasteiger charge is -2.35. The van der Waals surface area contributed by atoms with Crippen LogP contribution in [0.4, 0.5) is 0 Å². The van der Waals surface area contributed by atoms with Crippen molar-refractivity contribution < 1.29 is 0 Å². The van der Waals surface area contributed by atoms with Gasteiger partial charge < -0.3 is 5.32 Å². The molecule has 0 radical (unpaired) electrons. The molecule has 1 aliphatic rings. The van der Waals surface area contributed by atoms with Crippen molar-refractivity contribution in [1.29, 1.82) is 0 Å². The second-order valence-corrected chi connectivity index (χ2v) is 7.40. The summed E-state index contributed by atoms with van der Waals surface area (Å²) in [6.45, 7) is 5.60. The summed E-state index contributed by atoms with van der Waals surface area (Å²) in [6.07, 6.45) is 5.24. The zero-order valence-electron chi connectivity index (χ0n) is 11.1. The molecule has 0 saturated heterocycles. The Bertz CT molecular complexity index is 417. The highest BCUT2D eigenvalue weighted by atomic mass is 79.9. The van der Waals surface area contributed by atoms with Crippen LogP contribution in [-0.4, -0.2) is 6.04 Å². The molecule has 1 aliphatic carbocycles. The molecule has 0 aliphatic heterocycles. The standard InChI is InChI=1S/C15H21BrClN/c1-15(2)7-3-4-13(9-15)18-10-11-5-6-12(16)8-14(11)17/h5-6,8,13,18H,3-4,7,9-10H2,1-2H3. The van der Waals surface area contributed by atoms with Crippen molar-refractivity contribution in [2.24, 2.45) is 5.41 Å². The molecule has 100 valence electrons. The lowest BCUT2D eigenvalue weighted by atomic mass is 9.75. The summed E-state index contributed by atoms with van der Waals surface area (Å²) >= 11 is 9.67. The van der Waals surface area contributed by atoms with E-state index in [0.29, 0.717) is 11.5 Å². The van der Waals surface area contributed by atoms with Gasteiger partial charge in [0.15, 0.2) is 0 Å². The van der Waals surface area contributed by atoms with Crippen LogP contribution in [0, 0.1) is 5.41 Å². The van der Waals surface area contributed by atoms with Gasteiger partial charge in [0.2, 0.25) is 0 Å². The minimum atomic E-state index is 0.486. The van der Waals surface area contributed by atoms with Crippen molar-refractivity contribution in [2.75, 3.05) is 0 Å².